The van der Waals surface area contributed by atoms with Gasteiger partial charge in [-0.05, 0) is 103 Å². The summed E-state index contributed by atoms with van der Waals surface area (Å²) in [6.07, 6.45) is 0. The minimum absolute atomic E-state index is 0.158. The Hall–Kier alpha value is -4.93. The summed E-state index contributed by atoms with van der Waals surface area (Å²) in [4.78, 5) is 0. The van der Waals surface area contributed by atoms with E-state index in [1.165, 1.54) is 69.9 Å². The molecule has 0 unspecified atom stereocenters. The van der Waals surface area contributed by atoms with Crippen molar-refractivity contribution < 1.29 is 0 Å². The predicted molar refractivity (Wildman–Crippen MR) is 222 cm³/mol. The SMILES string of the molecule is CC(C)(c1ccccc1)c1ccc2c(c1)c1cc(C(C)(C)c3ccccc3)ccc1n2-c1cc(-c2ccccc2)c(I)c(-c2ccccc2)c1. The van der Waals surface area contributed by atoms with Crippen LogP contribution >= 0.6 is 22.6 Å². The zero-order chi connectivity index (χ0) is 34.5. The summed E-state index contributed by atoms with van der Waals surface area (Å²) >= 11 is 2.55. The van der Waals surface area contributed by atoms with Crippen LogP contribution in [0.5, 0.6) is 0 Å². The van der Waals surface area contributed by atoms with E-state index in [9.17, 15) is 0 Å². The van der Waals surface area contributed by atoms with Crippen LogP contribution in [-0.4, -0.2) is 4.57 Å². The third-order valence-corrected chi connectivity index (χ3v) is 11.8. The van der Waals surface area contributed by atoms with Gasteiger partial charge in [-0.15, -0.1) is 0 Å². The van der Waals surface area contributed by atoms with Crippen molar-refractivity contribution >= 4 is 44.4 Å². The van der Waals surface area contributed by atoms with Crippen LogP contribution in [0.1, 0.15) is 49.9 Å². The first-order chi connectivity index (χ1) is 24.2. The average Bonchev–Trinajstić information content (AvgIpc) is 3.49. The van der Waals surface area contributed by atoms with Crippen molar-refractivity contribution in [2.24, 2.45) is 0 Å². The van der Waals surface area contributed by atoms with Gasteiger partial charge in [0, 0.05) is 30.9 Å². The van der Waals surface area contributed by atoms with E-state index in [2.05, 4.69) is 225 Å². The molecule has 8 rings (SSSR count). The Balaban J connectivity index is 1.43. The molecule has 0 saturated carbocycles. The highest BCUT2D eigenvalue weighted by molar-refractivity contribution is 14.1. The molecule has 1 aromatic heterocycles. The van der Waals surface area contributed by atoms with Gasteiger partial charge in [0.15, 0.2) is 0 Å². The summed E-state index contributed by atoms with van der Waals surface area (Å²) < 4.78 is 3.74. The van der Waals surface area contributed by atoms with Crippen molar-refractivity contribution in [1.29, 1.82) is 0 Å². The quantitative estimate of drug-likeness (QED) is 0.143. The highest BCUT2D eigenvalue weighted by Gasteiger charge is 2.27. The zero-order valence-corrected chi connectivity index (χ0v) is 31.1. The number of rotatable bonds is 7. The standard InChI is InChI=1S/C48H40IN/c1-47(2,35-21-13-7-14-22-35)37-25-27-44-42(29-37)43-30-38(48(3,4)36-23-15-8-16-24-36)26-28-45(43)50(44)39-31-40(33-17-9-5-10-18-33)46(49)41(32-39)34-19-11-6-12-20-34/h5-32H,1-4H3. The Kier molecular flexibility index (Phi) is 8.23. The van der Waals surface area contributed by atoms with Gasteiger partial charge in [0.25, 0.3) is 0 Å². The molecule has 244 valence electrons. The van der Waals surface area contributed by atoms with Gasteiger partial charge in [0.05, 0.1) is 11.0 Å². The van der Waals surface area contributed by atoms with E-state index in [1.807, 2.05) is 0 Å². The summed E-state index contributed by atoms with van der Waals surface area (Å²) in [5, 5.41) is 2.54. The van der Waals surface area contributed by atoms with E-state index in [4.69, 9.17) is 0 Å². The fourth-order valence-corrected chi connectivity index (χ4v) is 8.45. The van der Waals surface area contributed by atoms with Gasteiger partial charge in [-0.25, -0.2) is 0 Å². The molecule has 0 radical (unpaired) electrons. The molecule has 0 bridgehead atoms. The van der Waals surface area contributed by atoms with Gasteiger partial charge in [-0.1, -0.05) is 161 Å². The second-order valence-corrected chi connectivity index (χ2v) is 15.4. The molecule has 0 aliphatic heterocycles. The molecule has 0 saturated heterocycles. The second kappa shape index (κ2) is 12.8. The van der Waals surface area contributed by atoms with Crippen molar-refractivity contribution in [1.82, 2.24) is 4.57 Å². The first-order valence-electron chi connectivity index (χ1n) is 17.4. The van der Waals surface area contributed by atoms with E-state index in [0.717, 1.165) is 5.69 Å². The number of hydrogen-bond donors (Lipinski definition) is 0. The minimum Gasteiger partial charge on any atom is -0.309 e. The Morgan fingerprint density at radius 2 is 0.760 bits per heavy atom. The lowest BCUT2D eigenvalue weighted by Crippen LogP contribution is -2.18. The highest BCUT2D eigenvalue weighted by Crippen LogP contribution is 2.43. The van der Waals surface area contributed by atoms with Crippen molar-refractivity contribution in [3.63, 3.8) is 0 Å². The third kappa shape index (κ3) is 5.56. The molecule has 0 atom stereocenters. The summed E-state index contributed by atoms with van der Waals surface area (Å²) in [6.45, 7) is 9.35. The van der Waals surface area contributed by atoms with Crippen LogP contribution in [0.15, 0.2) is 170 Å². The molecule has 0 spiro atoms. The van der Waals surface area contributed by atoms with Crippen molar-refractivity contribution in [2.75, 3.05) is 0 Å². The monoisotopic (exact) mass is 757 g/mol. The van der Waals surface area contributed by atoms with Crippen molar-refractivity contribution in [3.05, 3.63) is 196 Å². The normalized spacial score (nSPS) is 12.1. The van der Waals surface area contributed by atoms with Gasteiger partial charge in [-0.3, -0.25) is 0 Å². The van der Waals surface area contributed by atoms with Gasteiger partial charge in [0.1, 0.15) is 0 Å². The lowest BCUT2D eigenvalue weighted by molar-refractivity contribution is 0.641. The van der Waals surface area contributed by atoms with Crippen molar-refractivity contribution in [3.8, 4) is 27.9 Å². The van der Waals surface area contributed by atoms with Gasteiger partial charge in [0.2, 0.25) is 0 Å². The fourth-order valence-electron chi connectivity index (χ4n) is 7.52. The first kappa shape index (κ1) is 32.3. The topological polar surface area (TPSA) is 4.93 Å². The van der Waals surface area contributed by atoms with Gasteiger partial charge >= 0.3 is 0 Å². The molecular weight excluding hydrogens is 717 g/mol. The lowest BCUT2D eigenvalue weighted by atomic mass is 9.77. The summed E-state index contributed by atoms with van der Waals surface area (Å²) in [5.74, 6) is 0. The van der Waals surface area contributed by atoms with Crippen LogP contribution in [0.25, 0.3) is 49.7 Å². The Bertz CT molecular complexity index is 2290. The number of aromatic nitrogens is 1. The largest absolute Gasteiger partial charge is 0.309 e. The smallest absolute Gasteiger partial charge is 0.0541 e. The molecule has 7 aromatic carbocycles. The van der Waals surface area contributed by atoms with E-state index in [1.54, 1.807) is 0 Å². The molecule has 2 heteroatoms. The van der Waals surface area contributed by atoms with Gasteiger partial charge in [-0.2, -0.15) is 0 Å². The molecule has 1 nitrogen and oxygen atoms in total. The lowest BCUT2D eigenvalue weighted by Gasteiger charge is -2.27. The summed E-state index contributed by atoms with van der Waals surface area (Å²) in [7, 11) is 0. The molecule has 0 aliphatic rings. The fraction of sp³-hybridized carbons (Fsp3) is 0.125. The number of hydrogen-bond acceptors (Lipinski definition) is 0. The maximum absolute atomic E-state index is 2.55. The third-order valence-electron chi connectivity index (χ3n) is 10.7. The zero-order valence-electron chi connectivity index (χ0n) is 29.0. The van der Waals surface area contributed by atoms with Crippen LogP contribution in [0.2, 0.25) is 0 Å². The van der Waals surface area contributed by atoms with Crippen LogP contribution < -0.4 is 0 Å². The molecule has 0 N–H and O–H groups in total. The van der Waals surface area contributed by atoms with Crippen LogP contribution in [0, 0.1) is 3.57 Å². The second-order valence-electron chi connectivity index (χ2n) is 14.4. The number of halogens is 1. The maximum atomic E-state index is 2.55. The van der Waals surface area contributed by atoms with Crippen LogP contribution in [0.4, 0.5) is 0 Å². The molecular formula is C48H40IN. The Morgan fingerprint density at radius 3 is 1.14 bits per heavy atom. The van der Waals surface area contributed by atoms with E-state index in [0.29, 0.717) is 0 Å². The number of nitrogens with zero attached hydrogens (tertiary/aromatic N) is 1. The summed E-state index contributed by atoms with van der Waals surface area (Å²) in [6, 6.07) is 62.4. The Labute approximate surface area is 309 Å². The van der Waals surface area contributed by atoms with E-state index >= 15 is 0 Å². The number of benzene rings is 7. The molecule has 1 heterocycles. The minimum atomic E-state index is -0.158. The van der Waals surface area contributed by atoms with E-state index < -0.39 is 0 Å². The Morgan fingerprint density at radius 1 is 0.400 bits per heavy atom. The first-order valence-corrected chi connectivity index (χ1v) is 18.5. The molecule has 0 amide bonds. The van der Waals surface area contributed by atoms with Crippen LogP contribution in [0.3, 0.4) is 0 Å². The molecule has 0 fully saturated rings. The van der Waals surface area contributed by atoms with E-state index in [-0.39, 0.29) is 10.8 Å². The van der Waals surface area contributed by atoms with Crippen molar-refractivity contribution in [2.45, 2.75) is 38.5 Å². The van der Waals surface area contributed by atoms with Crippen LogP contribution in [-0.2, 0) is 10.8 Å². The molecule has 0 aliphatic carbocycles. The maximum Gasteiger partial charge on any atom is 0.0541 e. The van der Waals surface area contributed by atoms with Gasteiger partial charge < -0.3 is 4.57 Å². The molecule has 8 aromatic rings. The predicted octanol–water partition coefficient (Wildman–Crippen LogP) is 13.4. The highest BCUT2D eigenvalue weighted by atomic mass is 127. The molecule has 50 heavy (non-hydrogen) atoms. The summed E-state index contributed by atoms with van der Waals surface area (Å²) in [5.41, 5.74) is 13.4. The average molecular weight is 758 g/mol. The number of fused-ring (bicyclic) bond motifs is 3.